The Morgan fingerprint density at radius 1 is 1.25 bits per heavy atom. The minimum absolute atomic E-state index is 0.253. The van der Waals surface area contributed by atoms with Gasteiger partial charge in [-0.2, -0.15) is 0 Å². The molecule has 0 bridgehead atoms. The zero-order valence-electron chi connectivity index (χ0n) is 6.00. The first-order valence-corrected chi connectivity index (χ1v) is 3.16. The number of aromatic nitrogens is 1. The maximum absolute atomic E-state index is 12.7. The Balaban J connectivity index is 3.12. The molecule has 0 amide bonds. The van der Waals surface area contributed by atoms with Gasteiger partial charge in [-0.05, 0) is 12.2 Å². The quantitative estimate of drug-likeness (QED) is 0.496. The third-order valence-electron chi connectivity index (χ3n) is 1.23. The maximum atomic E-state index is 12.7. The van der Waals surface area contributed by atoms with Crippen LogP contribution in [-0.2, 0) is 4.79 Å². The summed E-state index contributed by atoms with van der Waals surface area (Å²) in [5, 5.41) is 0. The third kappa shape index (κ3) is 1.72. The van der Waals surface area contributed by atoms with Gasteiger partial charge in [-0.1, -0.05) is 0 Å². The largest absolute Gasteiger partial charge is 0.299 e. The molecule has 0 spiro atoms. The van der Waals surface area contributed by atoms with Crippen LogP contribution in [0.3, 0.4) is 0 Å². The number of pyridine rings is 1. The predicted octanol–water partition coefficient (Wildman–Crippen LogP) is 1.57. The number of rotatable bonds is 2. The molecule has 0 saturated heterocycles. The highest BCUT2D eigenvalue weighted by atomic mass is 19.1. The summed E-state index contributed by atoms with van der Waals surface area (Å²) in [7, 11) is 0. The minimum atomic E-state index is -0.784. The Hall–Kier alpha value is -1.58. The van der Waals surface area contributed by atoms with E-state index in [2.05, 4.69) is 4.98 Å². The maximum Gasteiger partial charge on any atom is 0.151 e. The van der Waals surface area contributed by atoms with E-state index in [1.807, 2.05) is 0 Å². The van der Waals surface area contributed by atoms with Crippen molar-refractivity contribution in [3.8, 4) is 0 Å². The first-order chi connectivity index (χ1) is 5.75. The molecule has 0 unspecified atom stereocenters. The van der Waals surface area contributed by atoms with Crippen LogP contribution in [0.15, 0.2) is 18.5 Å². The average molecular weight is 169 g/mol. The van der Waals surface area contributed by atoms with E-state index in [0.29, 0.717) is 6.29 Å². The van der Waals surface area contributed by atoms with Crippen molar-refractivity contribution >= 4 is 12.4 Å². The van der Waals surface area contributed by atoms with Gasteiger partial charge in [0.05, 0.1) is 12.4 Å². The van der Waals surface area contributed by atoms with E-state index < -0.39 is 11.6 Å². The minimum Gasteiger partial charge on any atom is -0.299 e. The van der Waals surface area contributed by atoms with Gasteiger partial charge in [0.1, 0.15) is 6.29 Å². The molecule has 2 nitrogen and oxygen atoms in total. The molecule has 4 heteroatoms. The summed E-state index contributed by atoms with van der Waals surface area (Å²) in [6, 6.07) is 0. The van der Waals surface area contributed by atoms with Crippen LogP contribution >= 0.6 is 0 Å². The van der Waals surface area contributed by atoms with Crippen molar-refractivity contribution in [2.75, 3.05) is 0 Å². The van der Waals surface area contributed by atoms with Crippen molar-refractivity contribution in [3.05, 3.63) is 35.7 Å². The summed E-state index contributed by atoms with van der Waals surface area (Å²) in [5.41, 5.74) is -0.253. The molecule has 0 aromatic carbocycles. The van der Waals surface area contributed by atoms with Gasteiger partial charge in [0.25, 0.3) is 0 Å². The van der Waals surface area contributed by atoms with E-state index in [1.165, 1.54) is 0 Å². The number of hydrogen-bond donors (Lipinski definition) is 0. The SMILES string of the molecule is O=C/C=C/c1c(F)cncc1F. The molecule has 0 aliphatic rings. The van der Waals surface area contributed by atoms with Crippen molar-refractivity contribution in [1.82, 2.24) is 4.98 Å². The molecule has 0 aliphatic heterocycles. The Labute approximate surface area is 67.5 Å². The fourth-order valence-electron chi connectivity index (χ4n) is 0.716. The van der Waals surface area contributed by atoms with Crippen molar-refractivity contribution in [3.63, 3.8) is 0 Å². The molecule has 0 N–H and O–H groups in total. The van der Waals surface area contributed by atoms with Gasteiger partial charge in [0.15, 0.2) is 11.6 Å². The summed E-state index contributed by atoms with van der Waals surface area (Å²) in [5.74, 6) is -1.57. The van der Waals surface area contributed by atoms with Crippen LogP contribution in [0.25, 0.3) is 6.08 Å². The standard InChI is InChI=1S/C8H5F2NO/c9-7-4-11-5-8(10)6(7)2-1-3-12/h1-5H/b2-1+. The van der Waals surface area contributed by atoms with Gasteiger partial charge >= 0.3 is 0 Å². The van der Waals surface area contributed by atoms with Crippen LogP contribution < -0.4 is 0 Å². The number of nitrogens with zero attached hydrogens (tertiary/aromatic N) is 1. The fraction of sp³-hybridized carbons (Fsp3) is 0. The lowest BCUT2D eigenvalue weighted by Crippen LogP contribution is -1.89. The number of carbonyl (C=O) groups excluding carboxylic acids is 1. The van der Waals surface area contributed by atoms with Gasteiger partial charge in [-0.3, -0.25) is 9.78 Å². The summed E-state index contributed by atoms with van der Waals surface area (Å²) in [6.45, 7) is 0. The lowest BCUT2D eigenvalue weighted by molar-refractivity contribution is -0.104. The summed E-state index contributed by atoms with van der Waals surface area (Å²) < 4.78 is 25.4. The number of aldehydes is 1. The predicted molar refractivity (Wildman–Crippen MR) is 39.3 cm³/mol. The number of allylic oxidation sites excluding steroid dienone is 1. The van der Waals surface area contributed by atoms with Crippen molar-refractivity contribution in [2.24, 2.45) is 0 Å². The summed E-state index contributed by atoms with van der Waals surface area (Å²) >= 11 is 0. The zero-order chi connectivity index (χ0) is 8.97. The number of halogens is 2. The van der Waals surface area contributed by atoms with Crippen molar-refractivity contribution in [2.45, 2.75) is 0 Å². The molecule has 0 radical (unpaired) electrons. The fourth-order valence-corrected chi connectivity index (χ4v) is 0.716. The molecular weight excluding hydrogens is 164 g/mol. The van der Waals surface area contributed by atoms with E-state index in [-0.39, 0.29) is 5.56 Å². The van der Waals surface area contributed by atoms with Crippen LogP contribution in [-0.4, -0.2) is 11.3 Å². The molecule has 1 rings (SSSR count). The van der Waals surface area contributed by atoms with Gasteiger partial charge in [-0.15, -0.1) is 0 Å². The van der Waals surface area contributed by atoms with Gasteiger partial charge in [0, 0.05) is 5.56 Å². The Kier molecular flexibility index (Phi) is 2.63. The average Bonchev–Trinajstić information content (AvgIpc) is 2.04. The highest BCUT2D eigenvalue weighted by Gasteiger charge is 2.04. The van der Waals surface area contributed by atoms with E-state index in [1.54, 1.807) is 0 Å². The molecule has 0 aliphatic carbocycles. The molecular formula is C8H5F2NO. The van der Waals surface area contributed by atoms with E-state index >= 15 is 0 Å². The van der Waals surface area contributed by atoms with Crippen LogP contribution in [0.4, 0.5) is 8.78 Å². The van der Waals surface area contributed by atoms with E-state index in [4.69, 9.17) is 0 Å². The van der Waals surface area contributed by atoms with Gasteiger partial charge < -0.3 is 0 Å². The second-order valence-electron chi connectivity index (χ2n) is 2.01. The molecule has 0 fully saturated rings. The lowest BCUT2D eigenvalue weighted by Gasteiger charge is -1.95. The second-order valence-corrected chi connectivity index (χ2v) is 2.01. The molecule has 1 aromatic heterocycles. The molecule has 0 atom stereocenters. The molecule has 1 aromatic rings. The first-order valence-electron chi connectivity index (χ1n) is 3.16. The Morgan fingerprint density at radius 2 is 1.83 bits per heavy atom. The molecule has 62 valence electrons. The topological polar surface area (TPSA) is 30.0 Å². The van der Waals surface area contributed by atoms with Crippen LogP contribution in [0, 0.1) is 11.6 Å². The van der Waals surface area contributed by atoms with Crippen molar-refractivity contribution in [1.29, 1.82) is 0 Å². The smallest absolute Gasteiger partial charge is 0.151 e. The highest BCUT2D eigenvalue weighted by Crippen LogP contribution is 2.11. The molecule has 1 heterocycles. The van der Waals surface area contributed by atoms with E-state index in [0.717, 1.165) is 24.5 Å². The second kappa shape index (κ2) is 3.71. The van der Waals surface area contributed by atoms with Gasteiger partial charge in [0.2, 0.25) is 0 Å². The summed E-state index contributed by atoms with van der Waals surface area (Å²) in [4.78, 5) is 13.1. The summed E-state index contributed by atoms with van der Waals surface area (Å²) in [6.07, 6.45) is 4.28. The van der Waals surface area contributed by atoms with Crippen LogP contribution in [0.2, 0.25) is 0 Å². The number of carbonyl (C=O) groups is 1. The third-order valence-corrected chi connectivity index (χ3v) is 1.23. The molecule has 0 saturated carbocycles. The van der Waals surface area contributed by atoms with E-state index in [9.17, 15) is 13.6 Å². The van der Waals surface area contributed by atoms with Crippen LogP contribution in [0.1, 0.15) is 5.56 Å². The number of hydrogen-bond acceptors (Lipinski definition) is 2. The zero-order valence-corrected chi connectivity index (χ0v) is 6.00. The lowest BCUT2D eigenvalue weighted by atomic mass is 10.2. The first kappa shape index (κ1) is 8.52. The van der Waals surface area contributed by atoms with Crippen LogP contribution in [0.5, 0.6) is 0 Å². The van der Waals surface area contributed by atoms with Crippen molar-refractivity contribution < 1.29 is 13.6 Å². The van der Waals surface area contributed by atoms with Gasteiger partial charge in [-0.25, -0.2) is 8.78 Å². The normalized spacial score (nSPS) is 10.5. The monoisotopic (exact) mass is 169 g/mol. The Bertz CT molecular complexity index is 303. The molecule has 12 heavy (non-hydrogen) atoms. The highest BCUT2D eigenvalue weighted by molar-refractivity contribution is 5.73. The Morgan fingerprint density at radius 3 is 2.33 bits per heavy atom.